The molecule has 1 rings (SSSR count). The minimum atomic E-state index is -0.740. The van der Waals surface area contributed by atoms with E-state index in [0.29, 0.717) is 12.1 Å². The molecule has 112 valence electrons. The molecule has 6 heteroatoms. The van der Waals surface area contributed by atoms with Gasteiger partial charge in [0.15, 0.2) is 0 Å². The molecule has 1 aromatic carbocycles. The molecule has 0 fully saturated rings. The lowest BCUT2D eigenvalue weighted by atomic mass is 10.2. The Kier molecular flexibility index (Phi) is 7.79. The van der Waals surface area contributed by atoms with Gasteiger partial charge in [0.25, 0.3) is 0 Å². The van der Waals surface area contributed by atoms with Crippen LogP contribution in [0.5, 0.6) is 0 Å². The van der Waals surface area contributed by atoms with Gasteiger partial charge in [0.05, 0.1) is 25.9 Å². The topological polar surface area (TPSA) is 70.6 Å². The highest BCUT2D eigenvalue weighted by Gasteiger charge is 2.07. The Labute approximate surface area is 118 Å². The van der Waals surface area contributed by atoms with Gasteiger partial charge in [-0.25, -0.2) is 4.39 Å². The number of nitrogens with one attached hydrogen (secondary N) is 2. The van der Waals surface area contributed by atoms with Crippen LogP contribution in [0.4, 0.5) is 4.39 Å². The van der Waals surface area contributed by atoms with Gasteiger partial charge in [-0.2, -0.15) is 0 Å². The number of carbonyl (C=O) groups excluding carboxylic acids is 1. The summed E-state index contributed by atoms with van der Waals surface area (Å²) in [5, 5.41) is 15.1. The van der Waals surface area contributed by atoms with Crippen LogP contribution in [-0.2, 0) is 16.1 Å². The van der Waals surface area contributed by atoms with Gasteiger partial charge >= 0.3 is 0 Å². The molecule has 0 spiro atoms. The van der Waals surface area contributed by atoms with E-state index in [-0.39, 0.29) is 38.0 Å². The molecule has 0 aliphatic rings. The molecule has 0 radical (unpaired) electrons. The maximum absolute atomic E-state index is 13.3. The summed E-state index contributed by atoms with van der Waals surface area (Å²) in [6, 6.07) is 6.34. The number of aliphatic hydroxyl groups is 1. The summed E-state index contributed by atoms with van der Waals surface area (Å²) >= 11 is 0. The first-order valence-electron chi connectivity index (χ1n) is 6.60. The number of amides is 1. The highest BCUT2D eigenvalue weighted by atomic mass is 19.1. The van der Waals surface area contributed by atoms with Crippen molar-refractivity contribution in [2.24, 2.45) is 0 Å². The lowest BCUT2D eigenvalue weighted by Gasteiger charge is -2.12. The minimum Gasteiger partial charge on any atom is -0.389 e. The quantitative estimate of drug-likeness (QED) is 0.615. The van der Waals surface area contributed by atoms with Crippen molar-refractivity contribution in [3.63, 3.8) is 0 Å². The first-order chi connectivity index (χ1) is 9.63. The molecule has 0 aliphatic carbocycles. The molecule has 0 bridgehead atoms. The van der Waals surface area contributed by atoms with Crippen molar-refractivity contribution >= 4 is 5.91 Å². The van der Waals surface area contributed by atoms with Crippen LogP contribution in [0, 0.1) is 5.82 Å². The maximum Gasteiger partial charge on any atom is 0.233 e. The van der Waals surface area contributed by atoms with Gasteiger partial charge in [0.1, 0.15) is 5.82 Å². The summed E-state index contributed by atoms with van der Waals surface area (Å²) in [6.07, 6.45) is -0.740. The first kappa shape index (κ1) is 16.6. The van der Waals surface area contributed by atoms with E-state index in [4.69, 9.17) is 4.74 Å². The molecular formula is C14H21FN2O3. The highest BCUT2D eigenvalue weighted by Crippen LogP contribution is 2.07. The van der Waals surface area contributed by atoms with Crippen molar-refractivity contribution in [1.82, 2.24) is 10.6 Å². The van der Waals surface area contributed by atoms with Crippen LogP contribution in [0.2, 0.25) is 0 Å². The van der Waals surface area contributed by atoms with Crippen molar-refractivity contribution in [2.75, 3.05) is 26.2 Å². The number of rotatable bonds is 9. The van der Waals surface area contributed by atoms with Crippen molar-refractivity contribution < 1.29 is 19.0 Å². The second-order valence-electron chi connectivity index (χ2n) is 4.34. The summed E-state index contributed by atoms with van der Waals surface area (Å²) in [4.78, 5) is 11.1. The molecule has 0 aliphatic heterocycles. The second kappa shape index (κ2) is 9.41. The van der Waals surface area contributed by atoms with Crippen LogP contribution in [0.1, 0.15) is 12.5 Å². The average Bonchev–Trinajstić information content (AvgIpc) is 2.41. The Hall–Kier alpha value is -1.50. The number of hydrogen-bond donors (Lipinski definition) is 3. The zero-order valence-electron chi connectivity index (χ0n) is 11.6. The second-order valence-corrected chi connectivity index (χ2v) is 4.34. The smallest absolute Gasteiger partial charge is 0.233 e. The number of ether oxygens (including phenoxy) is 1. The number of carbonyl (C=O) groups is 1. The van der Waals surface area contributed by atoms with Gasteiger partial charge in [-0.3, -0.25) is 4.79 Å². The van der Waals surface area contributed by atoms with Gasteiger partial charge < -0.3 is 20.5 Å². The predicted octanol–water partition coefficient (Wildman–Crippen LogP) is 0.429. The lowest BCUT2D eigenvalue weighted by Crippen LogP contribution is -2.38. The predicted molar refractivity (Wildman–Crippen MR) is 73.6 cm³/mol. The summed E-state index contributed by atoms with van der Waals surface area (Å²) in [6.45, 7) is 3.00. The zero-order chi connectivity index (χ0) is 14.8. The van der Waals surface area contributed by atoms with E-state index in [1.54, 1.807) is 18.2 Å². The molecule has 1 atom stereocenters. The van der Waals surface area contributed by atoms with Gasteiger partial charge in [-0.05, 0) is 13.0 Å². The van der Waals surface area contributed by atoms with Crippen LogP contribution in [-0.4, -0.2) is 43.4 Å². The fourth-order valence-electron chi connectivity index (χ4n) is 1.59. The molecule has 0 saturated carbocycles. The standard InChI is InChI=1S/C14H21FN2O3/c1-2-17-14(19)8-16-7-12(18)10-20-9-11-5-3-4-6-13(11)15/h3-6,12,16,18H,2,7-10H2,1H3,(H,17,19). The Morgan fingerprint density at radius 1 is 1.45 bits per heavy atom. The van der Waals surface area contributed by atoms with Crippen LogP contribution in [0.15, 0.2) is 24.3 Å². The molecule has 3 N–H and O–H groups in total. The van der Waals surface area contributed by atoms with Crippen molar-refractivity contribution in [2.45, 2.75) is 19.6 Å². The summed E-state index contributed by atoms with van der Waals surface area (Å²) in [5.74, 6) is -0.441. The number of hydrogen-bond acceptors (Lipinski definition) is 4. The maximum atomic E-state index is 13.3. The van der Waals surface area contributed by atoms with Crippen LogP contribution >= 0.6 is 0 Å². The summed E-state index contributed by atoms with van der Waals surface area (Å²) < 4.78 is 18.5. The molecular weight excluding hydrogens is 263 g/mol. The molecule has 1 unspecified atom stereocenters. The van der Waals surface area contributed by atoms with Gasteiger partial charge in [0, 0.05) is 18.7 Å². The Bertz CT molecular complexity index is 415. The molecule has 0 saturated heterocycles. The third-order valence-corrected chi connectivity index (χ3v) is 2.57. The van der Waals surface area contributed by atoms with Crippen LogP contribution < -0.4 is 10.6 Å². The van der Waals surface area contributed by atoms with E-state index in [1.807, 2.05) is 6.92 Å². The zero-order valence-corrected chi connectivity index (χ0v) is 11.6. The van der Waals surface area contributed by atoms with Crippen LogP contribution in [0.3, 0.4) is 0 Å². The Morgan fingerprint density at radius 3 is 2.90 bits per heavy atom. The fraction of sp³-hybridized carbons (Fsp3) is 0.500. The van der Waals surface area contributed by atoms with Crippen molar-refractivity contribution in [3.05, 3.63) is 35.6 Å². The molecule has 0 aromatic heterocycles. The number of benzene rings is 1. The Balaban J connectivity index is 2.13. The number of likely N-dealkylation sites (N-methyl/N-ethyl adjacent to an activating group) is 1. The third kappa shape index (κ3) is 6.60. The molecule has 1 aromatic rings. The van der Waals surface area contributed by atoms with Gasteiger partial charge in [-0.1, -0.05) is 18.2 Å². The van der Waals surface area contributed by atoms with E-state index >= 15 is 0 Å². The Morgan fingerprint density at radius 2 is 2.20 bits per heavy atom. The monoisotopic (exact) mass is 284 g/mol. The molecule has 20 heavy (non-hydrogen) atoms. The van der Waals surface area contributed by atoms with E-state index < -0.39 is 6.10 Å². The van der Waals surface area contributed by atoms with E-state index in [1.165, 1.54) is 6.07 Å². The third-order valence-electron chi connectivity index (χ3n) is 2.57. The van der Waals surface area contributed by atoms with Gasteiger partial charge in [0.2, 0.25) is 5.91 Å². The minimum absolute atomic E-state index is 0.0801. The lowest BCUT2D eigenvalue weighted by molar-refractivity contribution is -0.120. The molecule has 1 amide bonds. The number of aliphatic hydroxyl groups excluding tert-OH is 1. The van der Waals surface area contributed by atoms with E-state index in [0.717, 1.165) is 0 Å². The van der Waals surface area contributed by atoms with Gasteiger partial charge in [-0.15, -0.1) is 0 Å². The summed E-state index contributed by atoms with van der Waals surface area (Å²) in [7, 11) is 0. The molecule has 5 nitrogen and oxygen atoms in total. The highest BCUT2D eigenvalue weighted by molar-refractivity contribution is 5.77. The summed E-state index contributed by atoms with van der Waals surface area (Å²) in [5.41, 5.74) is 0.454. The SMILES string of the molecule is CCNC(=O)CNCC(O)COCc1ccccc1F. The fourth-order valence-corrected chi connectivity index (χ4v) is 1.59. The van der Waals surface area contributed by atoms with E-state index in [9.17, 15) is 14.3 Å². The first-order valence-corrected chi connectivity index (χ1v) is 6.60. The number of halogens is 1. The van der Waals surface area contributed by atoms with Crippen molar-refractivity contribution in [3.8, 4) is 0 Å². The molecule has 0 heterocycles. The van der Waals surface area contributed by atoms with Crippen molar-refractivity contribution in [1.29, 1.82) is 0 Å². The normalized spacial score (nSPS) is 12.2. The average molecular weight is 284 g/mol. The largest absolute Gasteiger partial charge is 0.389 e. The van der Waals surface area contributed by atoms with Crippen LogP contribution in [0.25, 0.3) is 0 Å². The van der Waals surface area contributed by atoms with E-state index in [2.05, 4.69) is 10.6 Å².